The van der Waals surface area contributed by atoms with Crippen molar-refractivity contribution in [3.05, 3.63) is 23.8 Å². The van der Waals surface area contributed by atoms with E-state index in [4.69, 9.17) is 9.47 Å². The van der Waals surface area contributed by atoms with Crippen molar-refractivity contribution in [1.82, 2.24) is 15.1 Å². The molecular formula is C17H21N3O5. The van der Waals surface area contributed by atoms with Crippen molar-refractivity contribution >= 4 is 17.8 Å². The molecule has 0 bridgehead atoms. The minimum absolute atomic E-state index is 0.125. The molecule has 8 nitrogen and oxygen atoms in total. The van der Waals surface area contributed by atoms with Crippen LogP contribution in [0.15, 0.2) is 18.2 Å². The quantitative estimate of drug-likeness (QED) is 0.805. The highest BCUT2D eigenvalue weighted by molar-refractivity contribution is 6.09. The molecular weight excluding hydrogens is 326 g/mol. The van der Waals surface area contributed by atoms with E-state index in [0.29, 0.717) is 30.2 Å². The van der Waals surface area contributed by atoms with E-state index in [1.807, 2.05) is 13.8 Å². The molecule has 0 saturated carbocycles. The number of hydrogen-bond donors (Lipinski definition) is 1. The SMILES string of the molecule is CCN(CC)C(=O)CN1C(=O)N[C@@](C)(c2ccc3c(c2)OCO3)C1=O. The molecule has 3 rings (SSSR count). The molecule has 4 amide bonds. The normalized spacial score (nSPS) is 21.5. The molecule has 1 N–H and O–H groups in total. The van der Waals surface area contributed by atoms with Gasteiger partial charge >= 0.3 is 6.03 Å². The molecule has 0 aromatic heterocycles. The Morgan fingerprint density at radius 2 is 1.92 bits per heavy atom. The first-order valence-electron chi connectivity index (χ1n) is 8.22. The number of hydrogen-bond acceptors (Lipinski definition) is 5. The molecule has 8 heteroatoms. The zero-order valence-electron chi connectivity index (χ0n) is 14.5. The number of amides is 4. The van der Waals surface area contributed by atoms with E-state index in [-0.39, 0.29) is 19.2 Å². The topological polar surface area (TPSA) is 88.2 Å². The molecule has 0 unspecified atom stereocenters. The van der Waals surface area contributed by atoms with Crippen molar-refractivity contribution in [3.8, 4) is 11.5 Å². The number of benzene rings is 1. The Labute approximate surface area is 145 Å². The van der Waals surface area contributed by atoms with Crippen LogP contribution < -0.4 is 14.8 Å². The van der Waals surface area contributed by atoms with Gasteiger partial charge in [0.05, 0.1) is 0 Å². The van der Waals surface area contributed by atoms with Crippen LogP contribution in [0.1, 0.15) is 26.3 Å². The number of ether oxygens (including phenoxy) is 2. The third-order valence-corrected chi connectivity index (χ3v) is 4.63. The number of imide groups is 1. The number of rotatable bonds is 5. The minimum Gasteiger partial charge on any atom is -0.454 e. The highest BCUT2D eigenvalue weighted by Gasteiger charge is 2.50. The number of carbonyl (C=O) groups is 3. The first-order chi connectivity index (χ1) is 11.9. The fraction of sp³-hybridized carbons (Fsp3) is 0.471. The first-order valence-corrected chi connectivity index (χ1v) is 8.22. The van der Waals surface area contributed by atoms with Crippen LogP contribution in [-0.4, -0.2) is 54.1 Å². The summed E-state index contributed by atoms with van der Waals surface area (Å²) in [6.45, 7) is 6.23. The van der Waals surface area contributed by atoms with E-state index in [1.165, 1.54) is 0 Å². The Kier molecular flexibility index (Phi) is 4.28. The van der Waals surface area contributed by atoms with Crippen LogP contribution in [0, 0.1) is 0 Å². The lowest BCUT2D eigenvalue weighted by molar-refractivity contribution is -0.138. The summed E-state index contributed by atoms with van der Waals surface area (Å²) in [6.07, 6.45) is 0. The van der Waals surface area contributed by atoms with E-state index in [0.717, 1.165) is 4.90 Å². The molecule has 1 fully saturated rings. The van der Waals surface area contributed by atoms with Crippen LogP contribution >= 0.6 is 0 Å². The summed E-state index contributed by atoms with van der Waals surface area (Å²) in [7, 11) is 0. The molecule has 2 aliphatic heterocycles. The van der Waals surface area contributed by atoms with Crippen molar-refractivity contribution in [3.63, 3.8) is 0 Å². The smallest absolute Gasteiger partial charge is 0.325 e. The molecule has 2 aliphatic rings. The lowest BCUT2D eigenvalue weighted by atomic mass is 9.91. The van der Waals surface area contributed by atoms with Gasteiger partial charge in [-0.1, -0.05) is 6.07 Å². The molecule has 1 aromatic carbocycles. The van der Waals surface area contributed by atoms with Gasteiger partial charge in [0.25, 0.3) is 5.91 Å². The zero-order valence-corrected chi connectivity index (χ0v) is 14.5. The summed E-state index contributed by atoms with van der Waals surface area (Å²) in [4.78, 5) is 40.0. The molecule has 1 saturated heterocycles. The Balaban J connectivity index is 1.83. The van der Waals surface area contributed by atoms with Crippen LogP contribution in [0.3, 0.4) is 0 Å². The van der Waals surface area contributed by atoms with Crippen molar-refractivity contribution in [1.29, 1.82) is 0 Å². The molecule has 0 spiro atoms. The van der Waals surface area contributed by atoms with Gasteiger partial charge in [-0.2, -0.15) is 0 Å². The van der Waals surface area contributed by atoms with Gasteiger partial charge in [-0.05, 0) is 38.5 Å². The number of likely N-dealkylation sites (N-methyl/N-ethyl adjacent to an activating group) is 1. The molecule has 1 atom stereocenters. The van der Waals surface area contributed by atoms with E-state index in [1.54, 1.807) is 30.0 Å². The lowest BCUT2D eigenvalue weighted by Crippen LogP contribution is -2.44. The predicted molar refractivity (Wildman–Crippen MR) is 88.1 cm³/mol. The Bertz CT molecular complexity index is 731. The van der Waals surface area contributed by atoms with Crippen molar-refractivity contribution in [2.75, 3.05) is 26.4 Å². The van der Waals surface area contributed by atoms with Gasteiger partial charge in [-0.3, -0.25) is 14.5 Å². The average molecular weight is 347 g/mol. The Morgan fingerprint density at radius 1 is 1.24 bits per heavy atom. The maximum atomic E-state index is 12.9. The second kappa shape index (κ2) is 6.27. The summed E-state index contributed by atoms with van der Waals surface area (Å²) in [6, 6.07) is 4.51. The lowest BCUT2D eigenvalue weighted by Gasteiger charge is -2.24. The van der Waals surface area contributed by atoms with Crippen LogP contribution in [0.5, 0.6) is 11.5 Å². The van der Waals surface area contributed by atoms with E-state index < -0.39 is 17.5 Å². The van der Waals surface area contributed by atoms with Crippen LogP contribution in [0.4, 0.5) is 4.79 Å². The summed E-state index contributed by atoms with van der Waals surface area (Å²) in [5.41, 5.74) is -0.672. The third kappa shape index (κ3) is 2.77. The van der Waals surface area contributed by atoms with Gasteiger partial charge in [0.15, 0.2) is 11.5 Å². The highest BCUT2D eigenvalue weighted by Crippen LogP contribution is 2.37. The van der Waals surface area contributed by atoms with E-state index >= 15 is 0 Å². The Morgan fingerprint density at radius 3 is 2.60 bits per heavy atom. The van der Waals surface area contributed by atoms with Crippen molar-refractivity contribution in [2.45, 2.75) is 26.3 Å². The third-order valence-electron chi connectivity index (χ3n) is 4.63. The molecule has 134 valence electrons. The molecule has 2 heterocycles. The number of fused-ring (bicyclic) bond motifs is 1. The summed E-state index contributed by atoms with van der Waals surface area (Å²) >= 11 is 0. The average Bonchev–Trinajstić information content (AvgIpc) is 3.14. The van der Waals surface area contributed by atoms with Crippen LogP contribution in [0.25, 0.3) is 0 Å². The van der Waals surface area contributed by atoms with Crippen molar-refractivity contribution in [2.24, 2.45) is 0 Å². The maximum absolute atomic E-state index is 12.9. The van der Waals surface area contributed by atoms with Crippen LogP contribution in [-0.2, 0) is 15.1 Å². The van der Waals surface area contributed by atoms with Gasteiger partial charge in [0.2, 0.25) is 12.7 Å². The summed E-state index contributed by atoms with van der Waals surface area (Å²) in [5.74, 6) is 0.399. The first kappa shape index (κ1) is 17.1. The standard InChI is InChI=1S/C17H21N3O5/c1-4-19(5-2)14(21)9-20-15(22)17(3,18-16(20)23)11-6-7-12-13(8-11)25-10-24-12/h6-8H,4-5,9-10H2,1-3H3,(H,18,23)/t17-/m0/s1. The van der Waals surface area contributed by atoms with Gasteiger partial charge < -0.3 is 19.7 Å². The largest absolute Gasteiger partial charge is 0.454 e. The van der Waals surface area contributed by atoms with Crippen molar-refractivity contribution < 1.29 is 23.9 Å². The van der Waals surface area contributed by atoms with Gasteiger partial charge in [-0.15, -0.1) is 0 Å². The van der Waals surface area contributed by atoms with E-state index in [9.17, 15) is 14.4 Å². The molecule has 1 aromatic rings. The fourth-order valence-electron chi connectivity index (χ4n) is 3.06. The van der Waals surface area contributed by atoms with Gasteiger partial charge in [0, 0.05) is 13.1 Å². The maximum Gasteiger partial charge on any atom is 0.325 e. The number of carbonyl (C=O) groups excluding carboxylic acids is 3. The number of nitrogens with zero attached hydrogens (tertiary/aromatic N) is 2. The monoisotopic (exact) mass is 347 g/mol. The predicted octanol–water partition coefficient (Wildman–Crippen LogP) is 1.05. The molecule has 0 aliphatic carbocycles. The van der Waals surface area contributed by atoms with Crippen LogP contribution in [0.2, 0.25) is 0 Å². The van der Waals surface area contributed by atoms with Gasteiger partial charge in [-0.25, -0.2) is 4.79 Å². The summed E-state index contributed by atoms with van der Waals surface area (Å²) < 4.78 is 10.6. The number of nitrogens with one attached hydrogen (secondary N) is 1. The Hall–Kier alpha value is -2.77. The molecule has 25 heavy (non-hydrogen) atoms. The zero-order chi connectivity index (χ0) is 18.2. The van der Waals surface area contributed by atoms with Gasteiger partial charge in [0.1, 0.15) is 12.1 Å². The minimum atomic E-state index is -1.25. The summed E-state index contributed by atoms with van der Waals surface area (Å²) in [5, 5.41) is 2.69. The second-order valence-electron chi connectivity index (χ2n) is 6.08. The van der Waals surface area contributed by atoms with E-state index in [2.05, 4.69) is 5.32 Å². The molecule has 0 radical (unpaired) electrons. The highest BCUT2D eigenvalue weighted by atomic mass is 16.7. The second-order valence-corrected chi connectivity index (χ2v) is 6.08. The fourth-order valence-corrected chi connectivity index (χ4v) is 3.06. The number of urea groups is 1.